The maximum absolute atomic E-state index is 13.5. The Labute approximate surface area is 130 Å². The molecule has 0 aliphatic carbocycles. The summed E-state index contributed by atoms with van der Waals surface area (Å²) in [4.78, 5) is 0. The van der Waals surface area contributed by atoms with E-state index in [0.29, 0.717) is 6.42 Å². The van der Waals surface area contributed by atoms with Crippen LogP contribution in [0.15, 0.2) is 42.5 Å². The molecule has 0 saturated carbocycles. The molecule has 2 aromatic rings. The van der Waals surface area contributed by atoms with Crippen molar-refractivity contribution in [2.45, 2.75) is 38.6 Å². The van der Waals surface area contributed by atoms with Crippen molar-refractivity contribution < 1.29 is 4.39 Å². The highest BCUT2D eigenvalue weighted by Gasteiger charge is 2.21. The molecule has 0 fully saturated rings. The minimum atomic E-state index is -0.398. The van der Waals surface area contributed by atoms with Gasteiger partial charge >= 0.3 is 0 Å². The largest absolute Gasteiger partial charge is 0.324 e. The quantitative estimate of drug-likeness (QED) is 0.846. The molecule has 1 nitrogen and oxygen atoms in total. The van der Waals surface area contributed by atoms with E-state index in [1.165, 1.54) is 11.6 Å². The van der Waals surface area contributed by atoms with Crippen LogP contribution in [0.4, 0.5) is 4.39 Å². The Morgan fingerprint density at radius 1 is 1.10 bits per heavy atom. The fraction of sp³-hybridized carbons (Fsp3) is 0.333. The molecule has 2 N–H and O–H groups in total. The third-order valence-corrected chi connectivity index (χ3v) is 4.06. The molecule has 0 amide bonds. The molecular formula is C18H21ClFN. The molecule has 21 heavy (non-hydrogen) atoms. The third-order valence-electron chi connectivity index (χ3n) is 3.64. The van der Waals surface area contributed by atoms with E-state index in [2.05, 4.69) is 26.8 Å². The first kappa shape index (κ1) is 16.0. The van der Waals surface area contributed by atoms with Gasteiger partial charge in [0.05, 0.1) is 5.02 Å². The second-order valence-electron chi connectivity index (χ2n) is 6.36. The first-order valence-electron chi connectivity index (χ1n) is 7.08. The SMILES string of the molecule is CC(C)(C)c1ccccc1C(N)Cc1cccc(F)c1Cl. The van der Waals surface area contributed by atoms with E-state index < -0.39 is 5.82 Å². The van der Waals surface area contributed by atoms with Gasteiger partial charge in [-0.1, -0.05) is 68.8 Å². The van der Waals surface area contributed by atoms with Crippen LogP contribution in [0.5, 0.6) is 0 Å². The molecule has 0 heterocycles. The Kier molecular flexibility index (Phi) is 4.70. The van der Waals surface area contributed by atoms with Crippen molar-refractivity contribution in [1.82, 2.24) is 0 Å². The van der Waals surface area contributed by atoms with Gasteiger partial charge in [-0.3, -0.25) is 0 Å². The summed E-state index contributed by atoms with van der Waals surface area (Å²) >= 11 is 6.02. The first-order chi connectivity index (χ1) is 9.80. The van der Waals surface area contributed by atoms with Gasteiger partial charge in [0.15, 0.2) is 0 Å². The van der Waals surface area contributed by atoms with Crippen molar-refractivity contribution in [1.29, 1.82) is 0 Å². The number of halogens is 2. The summed E-state index contributed by atoms with van der Waals surface area (Å²) in [5.74, 6) is -0.398. The lowest BCUT2D eigenvalue weighted by Gasteiger charge is -2.26. The summed E-state index contributed by atoms with van der Waals surface area (Å²) < 4.78 is 13.5. The van der Waals surface area contributed by atoms with Gasteiger partial charge in [-0.25, -0.2) is 4.39 Å². The summed E-state index contributed by atoms with van der Waals surface area (Å²) in [5.41, 5.74) is 9.42. The molecule has 112 valence electrons. The lowest BCUT2D eigenvalue weighted by atomic mass is 9.81. The van der Waals surface area contributed by atoms with Gasteiger partial charge in [0.25, 0.3) is 0 Å². The normalized spacial score (nSPS) is 13.2. The van der Waals surface area contributed by atoms with E-state index in [1.807, 2.05) is 24.3 Å². The van der Waals surface area contributed by atoms with Crippen LogP contribution < -0.4 is 5.73 Å². The number of hydrogen-bond donors (Lipinski definition) is 1. The van der Waals surface area contributed by atoms with E-state index in [4.69, 9.17) is 17.3 Å². The van der Waals surface area contributed by atoms with E-state index in [-0.39, 0.29) is 16.5 Å². The molecule has 1 atom stereocenters. The van der Waals surface area contributed by atoms with Crippen LogP contribution >= 0.6 is 11.6 Å². The van der Waals surface area contributed by atoms with Gasteiger partial charge in [-0.05, 0) is 34.6 Å². The predicted octanol–water partition coefficient (Wildman–Crippen LogP) is 5.02. The topological polar surface area (TPSA) is 26.0 Å². The summed E-state index contributed by atoms with van der Waals surface area (Å²) in [5, 5.41) is 0.168. The number of benzene rings is 2. The zero-order chi connectivity index (χ0) is 15.6. The van der Waals surface area contributed by atoms with Gasteiger partial charge in [0.2, 0.25) is 0 Å². The molecule has 0 aromatic heterocycles. The van der Waals surface area contributed by atoms with Crippen molar-refractivity contribution in [3.05, 3.63) is 70.0 Å². The van der Waals surface area contributed by atoms with E-state index >= 15 is 0 Å². The average molecular weight is 306 g/mol. The molecule has 1 unspecified atom stereocenters. The van der Waals surface area contributed by atoms with Gasteiger partial charge in [-0.2, -0.15) is 0 Å². The van der Waals surface area contributed by atoms with E-state index in [0.717, 1.165) is 11.1 Å². The zero-order valence-electron chi connectivity index (χ0n) is 12.7. The Morgan fingerprint density at radius 3 is 2.43 bits per heavy atom. The second-order valence-corrected chi connectivity index (χ2v) is 6.74. The Balaban J connectivity index is 2.33. The van der Waals surface area contributed by atoms with E-state index in [1.54, 1.807) is 6.07 Å². The highest BCUT2D eigenvalue weighted by atomic mass is 35.5. The van der Waals surface area contributed by atoms with Crippen molar-refractivity contribution in [3.8, 4) is 0 Å². The Morgan fingerprint density at radius 2 is 1.76 bits per heavy atom. The van der Waals surface area contributed by atoms with Crippen LogP contribution in [0.25, 0.3) is 0 Å². The first-order valence-corrected chi connectivity index (χ1v) is 7.46. The number of rotatable bonds is 3. The number of nitrogens with two attached hydrogens (primary N) is 1. The molecule has 0 aliphatic heterocycles. The van der Waals surface area contributed by atoms with Crippen molar-refractivity contribution in [2.24, 2.45) is 5.73 Å². The molecular weight excluding hydrogens is 285 g/mol. The molecule has 0 saturated heterocycles. The van der Waals surface area contributed by atoms with Gasteiger partial charge in [0, 0.05) is 6.04 Å². The summed E-state index contributed by atoms with van der Waals surface area (Å²) in [6, 6.07) is 12.8. The average Bonchev–Trinajstić information content (AvgIpc) is 2.43. The van der Waals surface area contributed by atoms with Crippen molar-refractivity contribution in [3.63, 3.8) is 0 Å². The van der Waals surface area contributed by atoms with Gasteiger partial charge in [0.1, 0.15) is 5.82 Å². The molecule has 2 aromatic carbocycles. The molecule has 0 radical (unpaired) electrons. The smallest absolute Gasteiger partial charge is 0.142 e. The third kappa shape index (κ3) is 3.63. The zero-order valence-corrected chi connectivity index (χ0v) is 13.4. The predicted molar refractivity (Wildman–Crippen MR) is 87.2 cm³/mol. The van der Waals surface area contributed by atoms with Gasteiger partial charge < -0.3 is 5.73 Å². The summed E-state index contributed by atoms with van der Waals surface area (Å²) in [6.07, 6.45) is 0.518. The van der Waals surface area contributed by atoms with E-state index in [9.17, 15) is 4.39 Å². The Hall–Kier alpha value is -1.38. The van der Waals surface area contributed by atoms with Gasteiger partial charge in [-0.15, -0.1) is 0 Å². The standard InChI is InChI=1S/C18H21ClFN/c1-18(2,3)14-9-5-4-8-13(14)16(21)11-12-7-6-10-15(20)17(12)19/h4-10,16H,11,21H2,1-3H3. The number of hydrogen-bond acceptors (Lipinski definition) is 1. The summed E-state index contributed by atoms with van der Waals surface area (Å²) in [6.45, 7) is 6.48. The lowest BCUT2D eigenvalue weighted by Crippen LogP contribution is -2.21. The minimum Gasteiger partial charge on any atom is -0.324 e. The maximum atomic E-state index is 13.5. The molecule has 3 heteroatoms. The molecule has 2 rings (SSSR count). The van der Waals surface area contributed by atoms with Crippen LogP contribution in [0.1, 0.15) is 43.5 Å². The lowest BCUT2D eigenvalue weighted by molar-refractivity contribution is 0.568. The monoisotopic (exact) mass is 305 g/mol. The molecule has 0 bridgehead atoms. The fourth-order valence-corrected chi connectivity index (χ4v) is 2.76. The van der Waals surface area contributed by atoms with Crippen LogP contribution in [-0.4, -0.2) is 0 Å². The summed E-state index contributed by atoms with van der Waals surface area (Å²) in [7, 11) is 0. The van der Waals surface area contributed by atoms with Crippen LogP contribution in [0, 0.1) is 5.82 Å². The molecule has 0 aliphatic rings. The van der Waals surface area contributed by atoms with Crippen LogP contribution in [0.3, 0.4) is 0 Å². The highest BCUT2D eigenvalue weighted by molar-refractivity contribution is 6.31. The van der Waals surface area contributed by atoms with Crippen molar-refractivity contribution in [2.75, 3.05) is 0 Å². The Bertz CT molecular complexity index is 631. The minimum absolute atomic E-state index is 0.0138. The fourth-order valence-electron chi connectivity index (χ4n) is 2.56. The van der Waals surface area contributed by atoms with Crippen LogP contribution in [0.2, 0.25) is 5.02 Å². The van der Waals surface area contributed by atoms with Crippen LogP contribution in [-0.2, 0) is 11.8 Å². The second kappa shape index (κ2) is 6.17. The highest BCUT2D eigenvalue weighted by Crippen LogP contribution is 2.31. The molecule has 0 spiro atoms. The maximum Gasteiger partial charge on any atom is 0.142 e. The van der Waals surface area contributed by atoms with Crippen molar-refractivity contribution >= 4 is 11.6 Å².